The van der Waals surface area contributed by atoms with Gasteiger partial charge in [0, 0.05) is 0 Å². The summed E-state index contributed by atoms with van der Waals surface area (Å²) in [5.41, 5.74) is 0. The van der Waals surface area contributed by atoms with Crippen molar-refractivity contribution in [1.82, 2.24) is 10.6 Å². The summed E-state index contributed by atoms with van der Waals surface area (Å²) in [4.78, 5) is 21.2. The maximum absolute atomic E-state index is 13.1. The number of hydrogen-bond donors (Lipinski definition) is 2. The minimum Gasteiger partial charge on any atom is -0.346 e. The normalized spacial score (nSPS) is 11.6. The van der Waals surface area contributed by atoms with Gasteiger partial charge >= 0.3 is 11.8 Å². The van der Waals surface area contributed by atoms with Crippen LogP contribution in [0.2, 0.25) is 0 Å². The number of halogens is 4. The SMILES string of the molecule is C=CC(=O)NCC(F)(F)C(F)(F)CNC(=O)C=C. The van der Waals surface area contributed by atoms with Crippen LogP contribution in [0.1, 0.15) is 0 Å². The van der Waals surface area contributed by atoms with Crippen LogP contribution in [0.15, 0.2) is 25.3 Å². The van der Waals surface area contributed by atoms with Gasteiger partial charge in [-0.25, -0.2) is 0 Å². The zero-order valence-corrected chi connectivity index (χ0v) is 9.31. The molecule has 0 radical (unpaired) electrons. The Balaban J connectivity index is 4.53. The summed E-state index contributed by atoms with van der Waals surface area (Å²) in [5, 5.41) is 3.12. The summed E-state index contributed by atoms with van der Waals surface area (Å²) in [6, 6.07) is 0. The molecule has 18 heavy (non-hydrogen) atoms. The third-order valence-corrected chi connectivity index (χ3v) is 1.88. The molecule has 0 heterocycles. The van der Waals surface area contributed by atoms with Gasteiger partial charge in [0.15, 0.2) is 0 Å². The van der Waals surface area contributed by atoms with E-state index < -0.39 is 36.7 Å². The summed E-state index contributed by atoms with van der Waals surface area (Å²) in [5.74, 6) is -11.0. The summed E-state index contributed by atoms with van der Waals surface area (Å²) >= 11 is 0. The van der Waals surface area contributed by atoms with E-state index in [1.807, 2.05) is 0 Å². The van der Waals surface area contributed by atoms with E-state index in [9.17, 15) is 27.2 Å². The smallest absolute Gasteiger partial charge is 0.328 e. The Morgan fingerprint density at radius 1 is 0.889 bits per heavy atom. The van der Waals surface area contributed by atoms with Crippen LogP contribution < -0.4 is 10.6 Å². The molecule has 0 aliphatic carbocycles. The molecule has 0 fully saturated rings. The van der Waals surface area contributed by atoms with Gasteiger partial charge in [-0.1, -0.05) is 13.2 Å². The first-order valence-corrected chi connectivity index (χ1v) is 4.72. The first-order valence-electron chi connectivity index (χ1n) is 4.72. The molecule has 0 unspecified atom stereocenters. The van der Waals surface area contributed by atoms with Crippen molar-refractivity contribution < 1.29 is 27.2 Å². The molecule has 2 N–H and O–H groups in total. The van der Waals surface area contributed by atoms with Crippen molar-refractivity contribution in [3.05, 3.63) is 25.3 Å². The van der Waals surface area contributed by atoms with Crippen molar-refractivity contribution in [1.29, 1.82) is 0 Å². The van der Waals surface area contributed by atoms with Crippen molar-refractivity contribution in [2.24, 2.45) is 0 Å². The van der Waals surface area contributed by atoms with Crippen LogP contribution in [0.5, 0.6) is 0 Å². The zero-order chi connectivity index (χ0) is 14.4. The molecule has 4 nitrogen and oxygen atoms in total. The number of hydrogen-bond acceptors (Lipinski definition) is 2. The summed E-state index contributed by atoms with van der Waals surface area (Å²) < 4.78 is 52.3. The lowest BCUT2D eigenvalue weighted by Crippen LogP contribution is -2.54. The number of rotatable bonds is 7. The van der Waals surface area contributed by atoms with E-state index in [1.165, 1.54) is 0 Å². The van der Waals surface area contributed by atoms with Gasteiger partial charge in [-0.15, -0.1) is 0 Å². The van der Waals surface area contributed by atoms with Crippen molar-refractivity contribution in [3.63, 3.8) is 0 Å². The van der Waals surface area contributed by atoms with Gasteiger partial charge in [0.25, 0.3) is 0 Å². The minimum absolute atomic E-state index is 0.674. The van der Waals surface area contributed by atoms with E-state index in [0.717, 1.165) is 0 Å². The van der Waals surface area contributed by atoms with Crippen LogP contribution in [0.4, 0.5) is 17.6 Å². The predicted molar refractivity (Wildman–Crippen MR) is 56.3 cm³/mol. The molecule has 0 atom stereocenters. The second-order valence-corrected chi connectivity index (χ2v) is 3.25. The van der Waals surface area contributed by atoms with Crippen molar-refractivity contribution in [2.75, 3.05) is 13.1 Å². The molecule has 0 aliphatic heterocycles. The van der Waals surface area contributed by atoms with Gasteiger partial charge in [0.2, 0.25) is 11.8 Å². The first-order chi connectivity index (χ1) is 8.16. The molecule has 0 saturated carbocycles. The lowest BCUT2D eigenvalue weighted by Gasteiger charge is -2.26. The molecule has 0 saturated heterocycles. The van der Waals surface area contributed by atoms with Gasteiger partial charge < -0.3 is 10.6 Å². The highest BCUT2D eigenvalue weighted by Gasteiger charge is 2.56. The molecule has 0 bridgehead atoms. The monoisotopic (exact) mass is 268 g/mol. The molecular weight excluding hydrogens is 256 g/mol. The molecule has 0 rings (SSSR count). The van der Waals surface area contributed by atoms with Crippen LogP contribution in [0, 0.1) is 0 Å². The van der Waals surface area contributed by atoms with Crippen molar-refractivity contribution >= 4 is 11.8 Å². The highest BCUT2D eigenvalue weighted by molar-refractivity contribution is 5.87. The third kappa shape index (κ3) is 4.56. The molecule has 8 heteroatoms. The lowest BCUT2D eigenvalue weighted by atomic mass is 10.1. The van der Waals surface area contributed by atoms with Crippen molar-refractivity contribution in [2.45, 2.75) is 11.8 Å². The van der Waals surface area contributed by atoms with E-state index in [-0.39, 0.29) is 0 Å². The quantitative estimate of drug-likeness (QED) is 0.531. The Hall–Kier alpha value is -1.86. The lowest BCUT2D eigenvalue weighted by molar-refractivity contribution is -0.202. The van der Waals surface area contributed by atoms with E-state index >= 15 is 0 Å². The number of nitrogens with one attached hydrogen (secondary N) is 2. The topological polar surface area (TPSA) is 58.2 Å². The second-order valence-electron chi connectivity index (χ2n) is 3.25. The highest BCUT2D eigenvalue weighted by atomic mass is 19.3. The third-order valence-electron chi connectivity index (χ3n) is 1.88. The molecule has 2 amide bonds. The number of alkyl halides is 4. The Labute approximate surface area is 101 Å². The fraction of sp³-hybridized carbons (Fsp3) is 0.400. The predicted octanol–water partition coefficient (Wildman–Crippen LogP) is 0.861. The molecule has 102 valence electrons. The fourth-order valence-corrected chi connectivity index (χ4v) is 0.799. The summed E-state index contributed by atoms with van der Waals surface area (Å²) in [6.07, 6.45) is 1.35. The van der Waals surface area contributed by atoms with Gasteiger partial charge in [-0.3, -0.25) is 9.59 Å². The standard InChI is InChI=1S/C10H12F4N2O2/c1-3-7(17)15-5-9(11,12)10(13,14)6-16-8(18)4-2/h3-4H,1-2,5-6H2,(H,15,17)(H,16,18). The van der Waals surface area contributed by atoms with Gasteiger partial charge in [0.1, 0.15) is 0 Å². The molecular formula is C10H12F4N2O2. The average Bonchev–Trinajstić information content (AvgIpc) is 2.32. The molecule has 0 aromatic carbocycles. The zero-order valence-electron chi connectivity index (χ0n) is 9.31. The van der Waals surface area contributed by atoms with E-state index in [2.05, 4.69) is 13.2 Å². The van der Waals surface area contributed by atoms with E-state index in [4.69, 9.17) is 0 Å². The maximum atomic E-state index is 13.1. The number of amides is 2. The maximum Gasteiger partial charge on any atom is 0.328 e. The van der Waals surface area contributed by atoms with Crippen molar-refractivity contribution in [3.8, 4) is 0 Å². The molecule has 0 aromatic heterocycles. The average molecular weight is 268 g/mol. The van der Waals surface area contributed by atoms with Gasteiger partial charge in [-0.05, 0) is 12.2 Å². The molecule has 0 aromatic rings. The van der Waals surface area contributed by atoms with Gasteiger partial charge in [-0.2, -0.15) is 17.6 Å². The number of carbonyl (C=O) groups excluding carboxylic acids is 2. The van der Waals surface area contributed by atoms with Crippen LogP contribution >= 0.6 is 0 Å². The Kier molecular flexibility index (Phi) is 5.54. The van der Waals surface area contributed by atoms with Gasteiger partial charge in [0.05, 0.1) is 13.1 Å². The summed E-state index contributed by atoms with van der Waals surface area (Å²) in [6.45, 7) is 2.84. The van der Waals surface area contributed by atoms with Crippen LogP contribution in [-0.2, 0) is 9.59 Å². The minimum atomic E-state index is -4.50. The van der Waals surface area contributed by atoms with E-state index in [0.29, 0.717) is 12.2 Å². The fourth-order valence-electron chi connectivity index (χ4n) is 0.799. The largest absolute Gasteiger partial charge is 0.346 e. The Morgan fingerprint density at radius 3 is 1.39 bits per heavy atom. The number of carbonyl (C=O) groups is 2. The van der Waals surface area contributed by atoms with E-state index in [1.54, 1.807) is 10.6 Å². The Bertz CT molecular complexity index is 322. The molecule has 0 aliphatic rings. The molecule has 0 spiro atoms. The van der Waals surface area contributed by atoms with Crippen LogP contribution in [0.25, 0.3) is 0 Å². The first kappa shape index (κ1) is 16.1. The van der Waals surface area contributed by atoms with Crippen LogP contribution in [0.3, 0.4) is 0 Å². The summed E-state index contributed by atoms with van der Waals surface area (Å²) in [7, 11) is 0. The highest BCUT2D eigenvalue weighted by Crippen LogP contribution is 2.33. The Morgan fingerprint density at radius 2 is 1.17 bits per heavy atom. The van der Waals surface area contributed by atoms with Crippen LogP contribution in [-0.4, -0.2) is 36.7 Å². The second kappa shape index (κ2) is 6.18.